The molecule has 1 unspecified atom stereocenters. The third-order valence-electron chi connectivity index (χ3n) is 8.03. The zero-order valence-corrected chi connectivity index (χ0v) is 22.9. The lowest BCUT2D eigenvalue weighted by molar-refractivity contribution is 0.371. The van der Waals surface area contributed by atoms with Crippen LogP contribution in [0.15, 0.2) is 27.8 Å². The van der Waals surface area contributed by atoms with Gasteiger partial charge in [0.2, 0.25) is 0 Å². The van der Waals surface area contributed by atoms with Gasteiger partial charge in [-0.1, -0.05) is 26.0 Å². The van der Waals surface area contributed by atoms with Crippen LogP contribution < -0.4 is 21.3 Å². The van der Waals surface area contributed by atoms with Crippen molar-refractivity contribution in [3.63, 3.8) is 0 Å². The molecule has 3 atom stereocenters. The first-order valence-electron chi connectivity index (χ1n) is 12.9. The summed E-state index contributed by atoms with van der Waals surface area (Å²) in [5.74, 6) is 1.88. The van der Waals surface area contributed by atoms with Gasteiger partial charge in [-0.15, -0.1) is 23.7 Å². The van der Waals surface area contributed by atoms with Crippen LogP contribution in [0.4, 0.5) is 0 Å². The molecule has 0 amide bonds. The number of H-pyrrole nitrogens is 1. The second-order valence-corrected chi connectivity index (χ2v) is 10.8. The molecule has 196 valence electrons. The molecule has 4 aromatic rings. The SMILES string of the molecule is CCc1nc2sc3c(=O)n(CCC4NC[C@@H]5CCc6c(OC)cccc6[C@H]45)c(=O)[nH]c3c2nc1CC.Cl. The first kappa shape index (κ1) is 25.9. The van der Waals surface area contributed by atoms with E-state index >= 15 is 0 Å². The fraction of sp³-hybridized carbons (Fsp3) is 0.481. The van der Waals surface area contributed by atoms with E-state index in [-0.39, 0.29) is 29.7 Å². The zero-order chi connectivity index (χ0) is 25.0. The molecule has 1 aliphatic carbocycles. The highest BCUT2D eigenvalue weighted by molar-refractivity contribution is 7.25. The molecule has 37 heavy (non-hydrogen) atoms. The molecule has 1 aromatic carbocycles. The minimum Gasteiger partial charge on any atom is -0.496 e. The molecule has 8 nitrogen and oxygen atoms in total. The third kappa shape index (κ3) is 4.17. The highest BCUT2D eigenvalue weighted by Crippen LogP contribution is 2.45. The van der Waals surface area contributed by atoms with Crippen molar-refractivity contribution < 1.29 is 4.74 Å². The van der Waals surface area contributed by atoms with E-state index in [1.54, 1.807) is 7.11 Å². The maximum atomic E-state index is 13.5. The molecule has 2 aliphatic rings. The molecule has 4 heterocycles. The predicted octanol–water partition coefficient (Wildman–Crippen LogP) is 3.96. The number of fused-ring (bicyclic) bond motifs is 6. The number of methoxy groups -OCH3 is 1. The summed E-state index contributed by atoms with van der Waals surface area (Å²) in [6.07, 6.45) is 4.39. The summed E-state index contributed by atoms with van der Waals surface area (Å²) in [5, 5.41) is 3.68. The summed E-state index contributed by atoms with van der Waals surface area (Å²) in [4.78, 5) is 39.7. The van der Waals surface area contributed by atoms with Crippen LogP contribution in [0.1, 0.15) is 55.1 Å². The van der Waals surface area contributed by atoms with E-state index < -0.39 is 0 Å². The Balaban J connectivity index is 0.00000280. The summed E-state index contributed by atoms with van der Waals surface area (Å²) < 4.78 is 7.50. The molecule has 0 saturated carbocycles. The summed E-state index contributed by atoms with van der Waals surface area (Å²) in [5.41, 5.74) is 5.01. The Labute approximate surface area is 224 Å². The molecule has 10 heteroatoms. The van der Waals surface area contributed by atoms with Gasteiger partial charge in [0.15, 0.2) is 0 Å². The normalized spacial score (nSPS) is 20.6. The number of aromatic amines is 1. The number of nitrogens with zero attached hydrogens (tertiary/aromatic N) is 3. The molecule has 1 aliphatic heterocycles. The lowest BCUT2D eigenvalue weighted by Crippen LogP contribution is -2.37. The Morgan fingerprint density at radius 2 is 1.95 bits per heavy atom. The van der Waals surface area contributed by atoms with E-state index in [1.807, 2.05) is 13.0 Å². The van der Waals surface area contributed by atoms with Gasteiger partial charge in [0.05, 0.1) is 24.0 Å². The average Bonchev–Trinajstić information content (AvgIpc) is 3.48. The molecule has 1 fully saturated rings. The molecule has 2 N–H and O–H groups in total. The molecule has 0 radical (unpaired) electrons. The van der Waals surface area contributed by atoms with Crippen molar-refractivity contribution in [1.82, 2.24) is 24.8 Å². The van der Waals surface area contributed by atoms with Crippen molar-refractivity contribution in [3.05, 3.63) is 61.6 Å². The van der Waals surface area contributed by atoms with Crippen molar-refractivity contribution in [2.75, 3.05) is 13.7 Å². The van der Waals surface area contributed by atoms with Crippen LogP contribution in [0.3, 0.4) is 0 Å². The van der Waals surface area contributed by atoms with Crippen molar-refractivity contribution in [3.8, 4) is 5.75 Å². The van der Waals surface area contributed by atoms with Gasteiger partial charge in [-0.2, -0.15) is 0 Å². The quantitative estimate of drug-likeness (QED) is 0.383. The van der Waals surface area contributed by atoms with E-state index in [4.69, 9.17) is 14.7 Å². The molecule has 6 rings (SSSR count). The number of hydrogen-bond acceptors (Lipinski definition) is 7. The van der Waals surface area contributed by atoms with Gasteiger partial charge in [-0.3, -0.25) is 9.36 Å². The van der Waals surface area contributed by atoms with Crippen LogP contribution >= 0.6 is 23.7 Å². The highest BCUT2D eigenvalue weighted by atomic mass is 35.5. The number of aryl methyl sites for hydroxylation is 2. The largest absolute Gasteiger partial charge is 0.496 e. The number of nitrogens with one attached hydrogen (secondary N) is 2. The summed E-state index contributed by atoms with van der Waals surface area (Å²) >= 11 is 1.32. The Bertz CT molecular complexity index is 1590. The molecule has 0 spiro atoms. The maximum absolute atomic E-state index is 13.5. The van der Waals surface area contributed by atoms with Crippen LogP contribution in [-0.4, -0.2) is 39.2 Å². The minimum atomic E-state index is -0.383. The average molecular weight is 542 g/mol. The topological polar surface area (TPSA) is 102 Å². The fourth-order valence-corrected chi connectivity index (χ4v) is 7.31. The second-order valence-electron chi connectivity index (χ2n) is 9.83. The summed E-state index contributed by atoms with van der Waals surface area (Å²) in [7, 11) is 1.73. The summed E-state index contributed by atoms with van der Waals surface area (Å²) in [6, 6.07) is 6.52. The van der Waals surface area contributed by atoms with Crippen molar-refractivity contribution in [2.45, 2.75) is 64.5 Å². The van der Waals surface area contributed by atoms with Gasteiger partial charge in [0.25, 0.3) is 5.56 Å². The Kier molecular flexibility index (Phi) is 7.13. The number of ether oxygens (including phenoxy) is 1. The lowest BCUT2D eigenvalue weighted by Gasteiger charge is -2.32. The lowest BCUT2D eigenvalue weighted by atomic mass is 9.73. The Morgan fingerprint density at radius 1 is 1.16 bits per heavy atom. The van der Waals surface area contributed by atoms with Gasteiger partial charge >= 0.3 is 5.69 Å². The van der Waals surface area contributed by atoms with Crippen molar-refractivity contribution in [2.24, 2.45) is 5.92 Å². The monoisotopic (exact) mass is 541 g/mol. The van der Waals surface area contributed by atoms with Gasteiger partial charge < -0.3 is 15.0 Å². The van der Waals surface area contributed by atoms with E-state index in [2.05, 4.69) is 29.4 Å². The minimum absolute atomic E-state index is 0. The molecule has 3 aromatic heterocycles. The Hall–Kier alpha value is -2.75. The van der Waals surface area contributed by atoms with Gasteiger partial charge in [0, 0.05) is 18.5 Å². The van der Waals surface area contributed by atoms with Gasteiger partial charge in [0.1, 0.15) is 20.8 Å². The first-order chi connectivity index (χ1) is 17.5. The smallest absolute Gasteiger partial charge is 0.328 e. The third-order valence-corrected chi connectivity index (χ3v) is 9.09. The zero-order valence-electron chi connectivity index (χ0n) is 21.3. The standard InChI is InChI=1S/C27H31N5O3S.ClH/c1-4-17-18(5-2)30-25-23(29-17)22-24(36-25)26(33)32(27(34)31-22)12-11-19-21-14(13-28-19)9-10-15-16(21)7-6-8-20(15)35-3;/h6-8,14,19,21,28H,4-5,9-13H2,1-3H3,(H,31,34);1H/t14-,19?,21+;/m0./s1. The van der Waals surface area contributed by atoms with Crippen molar-refractivity contribution >= 4 is 44.3 Å². The number of rotatable bonds is 6. The number of halogens is 1. The van der Waals surface area contributed by atoms with Crippen molar-refractivity contribution in [1.29, 1.82) is 0 Å². The molecule has 1 saturated heterocycles. The first-order valence-corrected chi connectivity index (χ1v) is 13.7. The summed E-state index contributed by atoms with van der Waals surface area (Å²) in [6.45, 7) is 5.42. The van der Waals surface area contributed by atoms with Crippen LogP contribution in [0.25, 0.3) is 20.6 Å². The second kappa shape index (κ2) is 10.2. The van der Waals surface area contributed by atoms with Gasteiger partial charge in [-0.05, 0) is 61.8 Å². The van der Waals surface area contributed by atoms with Gasteiger partial charge in [-0.25, -0.2) is 14.8 Å². The van der Waals surface area contributed by atoms with Crippen LogP contribution in [-0.2, 0) is 25.8 Å². The number of hydrogen-bond donors (Lipinski definition) is 2. The van der Waals surface area contributed by atoms with E-state index in [1.165, 1.54) is 27.0 Å². The van der Waals surface area contributed by atoms with E-state index in [0.717, 1.165) is 49.4 Å². The Morgan fingerprint density at radius 3 is 2.70 bits per heavy atom. The van der Waals surface area contributed by atoms with Crippen LogP contribution in [0.2, 0.25) is 0 Å². The van der Waals surface area contributed by atoms with Crippen LogP contribution in [0.5, 0.6) is 5.75 Å². The van der Waals surface area contributed by atoms with E-state index in [0.29, 0.717) is 45.4 Å². The van der Waals surface area contributed by atoms with Crippen LogP contribution in [0, 0.1) is 5.92 Å². The number of benzene rings is 1. The fourth-order valence-electron chi connectivity index (χ4n) is 6.27. The molecular weight excluding hydrogens is 510 g/mol. The molecular formula is C27H32ClN5O3S. The van der Waals surface area contributed by atoms with E-state index in [9.17, 15) is 9.59 Å². The molecule has 0 bridgehead atoms. The predicted molar refractivity (Wildman–Crippen MR) is 150 cm³/mol. The number of aromatic nitrogens is 4. The maximum Gasteiger partial charge on any atom is 0.328 e. The number of thiophene rings is 1. The highest BCUT2D eigenvalue weighted by Gasteiger charge is 2.40.